The van der Waals surface area contributed by atoms with Crippen molar-refractivity contribution in [3.05, 3.63) is 34.8 Å². The van der Waals surface area contributed by atoms with Crippen molar-refractivity contribution in [1.82, 2.24) is 4.98 Å². The predicted molar refractivity (Wildman–Crippen MR) is 68.4 cm³/mol. The molecule has 3 N–H and O–H groups in total. The number of aromatic nitrogens is 1. The third-order valence-corrected chi connectivity index (χ3v) is 3.05. The Labute approximate surface area is 99.8 Å². The zero-order valence-corrected chi connectivity index (χ0v) is 10.3. The van der Waals surface area contributed by atoms with Crippen molar-refractivity contribution < 1.29 is 4.39 Å². The molecule has 2 aromatic rings. The van der Waals surface area contributed by atoms with Gasteiger partial charge in [-0.15, -0.1) is 0 Å². The number of nitrogens with two attached hydrogens (primary N) is 1. The molecule has 1 aromatic carbocycles. The molecule has 0 aliphatic heterocycles. The lowest BCUT2D eigenvalue weighted by molar-refractivity contribution is 0.628. The number of aryl methyl sites for hydroxylation is 2. The molecular formula is C13H16FN3. The van der Waals surface area contributed by atoms with E-state index in [9.17, 15) is 4.39 Å². The molecule has 90 valence electrons. The summed E-state index contributed by atoms with van der Waals surface area (Å²) in [5.41, 5.74) is 7.03. The molecular weight excluding hydrogens is 217 g/mol. The number of benzene rings is 1. The number of nitrogens with zero attached hydrogens (tertiary/aromatic N) is 1. The highest BCUT2D eigenvalue weighted by molar-refractivity contribution is 5.95. The quantitative estimate of drug-likeness (QED) is 0.619. The Morgan fingerprint density at radius 1 is 1.35 bits per heavy atom. The van der Waals surface area contributed by atoms with Crippen LogP contribution >= 0.6 is 0 Å². The van der Waals surface area contributed by atoms with Crippen LogP contribution in [0.3, 0.4) is 0 Å². The van der Waals surface area contributed by atoms with Crippen molar-refractivity contribution >= 4 is 16.6 Å². The van der Waals surface area contributed by atoms with Gasteiger partial charge in [0, 0.05) is 17.1 Å². The first-order valence-electron chi connectivity index (χ1n) is 5.64. The van der Waals surface area contributed by atoms with Crippen LogP contribution in [-0.4, -0.2) is 4.98 Å². The van der Waals surface area contributed by atoms with Crippen LogP contribution in [-0.2, 0) is 6.42 Å². The number of fused-ring (bicyclic) bond motifs is 1. The van der Waals surface area contributed by atoms with Crippen molar-refractivity contribution in [2.75, 3.05) is 5.43 Å². The van der Waals surface area contributed by atoms with Crippen LogP contribution in [0.25, 0.3) is 10.9 Å². The third kappa shape index (κ3) is 1.85. The minimum atomic E-state index is -0.269. The van der Waals surface area contributed by atoms with Gasteiger partial charge in [-0.1, -0.05) is 6.92 Å². The Bertz CT molecular complexity index is 579. The maximum Gasteiger partial charge on any atom is 0.125 e. The van der Waals surface area contributed by atoms with Crippen LogP contribution in [0.1, 0.15) is 23.7 Å². The number of anilines is 1. The molecule has 0 unspecified atom stereocenters. The highest BCUT2D eigenvalue weighted by Crippen LogP contribution is 2.31. The number of nitrogens with one attached hydrogen (secondary N) is 1. The average Bonchev–Trinajstić information content (AvgIpc) is 2.26. The normalized spacial score (nSPS) is 10.9. The van der Waals surface area contributed by atoms with Crippen LogP contribution in [0, 0.1) is 19.7 Å². The Balaban J connectivity index is 2.94. The fourth-order valence-corrected chi connectivity index (χ4v) is 2.31. The number of hydrogen-bond acceptors (Lipinski definition) is 3. The van der Waals surface area contributed by atoms with Crippen LogP contribution in [0.2, 0.25) is 0 Å². The second kappa shape index (κ2) is 4.30. The number of nitrogen functional groups attached to an aromatic ring is 1. The van der Waals surface area contributed by atoms with Crippen molar-refractivity contribution in [3.8, 4) is 0 Å². The molecule has 0 bridgehead atoms. The minimum Gasteiger partial charge on any atom is -0.323 e. The molecule has 0 aliphatic carbocycles. The molecule has 17 heavy (non-hydrogen) atoms. The molecule has 0 fully saturated rings. The Morgan fingerprint density at radius 2 is 2.06 bits per heavy atom. The van der Waals surface area contributed by atoms with Gasteiger partial charge in [0.2, 0.25) is 0 Å². The van der Waals surface area contributed by atoms with E-state index in [0.717, 1.165) is 34.3 Å². The van der Waals surface area contributed by atoms with Gasteiger partial charge in [-0.3, -0.25) is 10.8 Å². The van der Waals surface area contributed by atoms with Gasteiger partial charge in [0.25, 0.3) is 0 Å². The number of halogens is 1. The average molecular weight is 233 g/mol. The molecule has 0 aliphatic rings. The summed E-state index contributed by atoms with van der Waals surface area (Å²) in [6.45, 7) is 5.83. The predicted octanol–water partition coefficient (Wildman–Crippen LogP) is 2.84. The van der Waals surface area contributed by atoms with E-state index in [1.165, 1.54) is 12.1 Å². The second-order valence-corrected chi connectivity index (χ2v) is 4.17. The van der Waals surface area contributed by atoms with Gasteiger partial charge in [-0.25, -0.2) is 4.39 Å². The van der Waals surface area contributed by atoms with Crippen molar-refractivity contribution in [3.63, 3.8) is 0 Å². The van der Waals surface area contributed by atoms with E-state index in [4.69, 9.17) is 5.84 Å². The molecule has 4 heteroatoms. The molecule has 0 radical (unpaired) electrons. The van der Waals surface area contributed by atoms with Gasteiger partial charge >= 0.3 is 0 Å². The fourth-order valence-electron chi connectivity index (χ4n) is 2.31. The summed E-state index contributed by atoms with van der Waals surface area (Å²) in [7, 11) is 0. The first-order chi connectivity index (χ1) is 8.08. The summed E-state index contributed by atoms with van der Waals surface area (Å²) in [5.74, 6) is 5.33. The van der Waals surface area contributed by atoms with E-state index < -0.39 is 0 Å². The smallest absolute Gasteiger partial charge is 0.125 e. The lowest BCUT2D eigenvalue weighted by Gasteiger charge is -2.15. The summed E-state index contributed by atoms with van der Waals surface area (Å²) in [6, 6.07) is 2.94. The summed E-state index contributed by atoms with van der Waals surface area (Å²) in [5, 5.41) is 0.899. The van der Waals surface area contributed by atoms with Crippen LogP contribution in [0.15, 0.2) is 12.1 Å². The standard InChI is InChI=1S/C13H16FN3/c1-4-10-8(3)16-11-6-9(14)5-7(2)12(11)13(10)17-15/h5-6H,4,15H2,1-3H3,(H,16,17). The van der Waals surface area contributed by atoms with E-state index in [1.807, 2.05) is 13.8 Å². The third-order valence-electron chi connectivity index (χ3n) is 3.05. The number of hydrazine groups is 1. The van der Waals surface area contributed by atoms with Gasteiger partial charge in [0.1, 0.15) is 5.82 Å². The van der Waals surface area contributed by atoms with E-state index in [1.54, 1.807) is 0 Å². The fraction of sp³-hybridized carbons (Fsp3) is 0.308. The van der Waals surface area contributed by atoms with E-state index in [-0.39, 0.29) is 5.82 Å². The minimum absolute atomic E-state index is 0.269. The molecule has 0 saturated carbocycles. The van der Waals surface area contributed by atoms with Crippen LogP contribution in [0.5, 0.6) is 0 Å². The van der Waals surface area contributed by atoms with Crippen molar-refractivity contribution in [2.45, 2.75) is 27.2 Å². The lowest BCUT2D eigenvalue weighted by atomic mass is 10.0. The summed E-state index contributed by atoms with van der Waals surface area (Å²) in [6.07, 6.45) is 0.838. The summed E-state index contributed by atoms with van der Waals surface area (Å²) in [4.78, 5) is 4.44. The number of rotatable bonds is 2. The lowest BCUT2D eigenvalue weighted by Crippen LogP contribution is -2.12. The highest BCUT2D eigenvalue weighted by atomic mass is 19.1. The largest absolute Gasteiger partial charge is 0.323 e. The number of pyridine rings is 1. The second-order valence-electron chi connectivity index (χ2n) is 4.17. The monoisotopic (exact) mass is 233 g/mol. The Hall–Kier alpha value is -1.68. The van der Waals surface area contributed by atoms with Crippen molar-refractivity contribution in [1.29, 1.82) is 0 Å². The van der Waals surface area contributed by atoms with E-state index in [0.29, 0.717) is 5.52 Å². The van der Waals surface area contributed by atoms with Gasteiger partial charge in [0.05, 0.1) is 11.2 Å². The maximum absolute atomic E-state index is 13.4. The van der Waals surface area contributed by atoms with Gasteiger partial charge in [-0.05, 0) is 37.5 Å². The maximum atomic E-state index is 13.4. The first kappa shape index (κ1) is 11.8. The Morgan fingerprint density at radius 3 is 2.65 bits per heavy atom. The summed E-state index contributed by atoms with van der Waals surface area (Å²) >= 11 is 0. The molecule has 2 rings (SSSR count). The molecule has 0 saturated heterocycles. The Kier molecular flexibility index (Phi) is 2.98. The highest BCUT2D eigenvalue weighted by Gasteiger charge is 2.13. The van der Waals surface area contributed by atoms with E-state index >= 15 is 0 Å². The van der Waals surface area contributed by atoms with Gasteiger partial charge in [0.15, 0.2) is 0 Å². The molecule has 1 heterocycles. The molecule has 0 atom stereocenters. The van der Waals surface area contributed by atoms with Gasteiger partial charge in [-0.2, -0.15) is 0 Å². The molecule has 0 amide bonds. The molecule has 1 aromatic heterocycles. The summed E-state index contributed by atoms with van der Waals surface area (Å²) < 4.78 is 13.4. The van der Waals surface area contributed by atoms with Crippen LogP contribution < -0.4 is 11.3 Å². The van der Waals surface area contributed by atoms with Crippen molar-refractivity contribution in [2.24, 2.45) is 5.84 Å². The zero-order chi connectivity index (χ0) is 12.6. The zero-order valence-electron chi connectivity index (χ0n) is 10.3. The van der Waals surface area contributed by atoms with Gasteiger partial charge < -0.3 is 5.43 Å². The van der Waals surface area contributed by atoms with E-state index in [2.05, 4.69) is 17.3 Å². The molecule has 3 nitrogen and oxygen atoms in total. The first-order valence-corrected chi connectivity index (χ1v) is 5.64. The topological polar surface area (TPSA) is 50.9 Å². The van der Waals surface area contributed by atoms with Crippen LogP contribution in [0.4, 0.5) is 10.1 Å². The SMILES string of the molecule is CCc1c(C)nc2cc(F)cc(C)c2c1NN. The number of hydrogen-bond donors (Lipinski definition) is 2. The molecule has 0 spiro atoms.